The lowest BCUT2D eigenvalue weighted by Gasteiger charge is -2.07. The third-order valence-electron chi connectivity index (χ3n) is 2.79. The fraction of sp³-hybridized carbons (Fsp3) is 0.200. The number of nitrogens with zero attached hydrogens (tertiary/aromatic N) is 2. The van der Waals surface area contributed by atoms with Crippen LogP contribution < -0.4 is 0 Å². The molecule has 0 unspecified atom stereocenters. The number of phenols is 1. The van der Waals surface area contributed by atoms with Crippen molar-refractivity contribution in [3.05, 3.63) is 69.5 Å². The van der Waals surface area contributed by atoms with Gasteiger partial charge in [0.2, 0.25) is 0 Å². The maximum absolute atomic E-state index is 11.9. The Morgan fingerprint density at radius 3 is 2.46 bits per heavy atom. The molecule has 128 valence electrons. The normalized spacial score (nSPS) is 9.83. The summed E-state index contributed by atoms with van der Waals surface area (Å²) >= 11 is 0. The molecule has 1 heterocycles. The fourth-order valence-corrected chi connectivity index (χ4v) is 1.78. The number of aromatic hydroxyl groups is 1. The van der Waals surface area contributed by atoms with E-state index in [4.69, 9.17) is 9.47 Å². The Bertz CT molecular complexity index is 710. The summed E-state index contributed by atoms with van der Waals surface area (Å²) in [6.07, 6.45) is 0. The molecule has 0 saturated carbocycles. The molecular formula is C15H15ClN2O6. The minimum absolute atomic E-state index is 0. The van der Waals surface area contributed by atoms with Crippen LogP contribution in [0.1, 0.15) is 21.7 Å². The van der Waals surface area contributed by atoms with Gasteiger partial charge in [0.05, 0.1) is 18.0 Å². The average Bonchev–Trinajstić information content (AvgIpc) is 2.53. The quantitative estimate of drug-likeness (QED) is 0.351. The molecule has 2 aromatic rings. The number of carbonyl (C=O) groups is 1. The number of benzene rings is 1. The Labute approximate surface area is 143 Å². The highest BCUT2D eigenvalue weighted by Crippen LogP contribution is 2.17. The summed E-state index contributed by atoms with van der Waals surface area (Å²) in [5.74, 6) is -0.827. The molecule has 0 spiro atoms. The van der Waals surface area contributed by atoms with Gasteiger partial charge in [0.15, 0.2) is 0 Å². The highest BCUT2D eigenvalue weighted by molar-refractivity contribution is 5.92. The van der Waals surface area contributed by atoms with Crippen LogP contribution in [0.4, 0.5) is 0 Å². The van der Waals surface area contributed by atoms with Gasteiger partial charge >= 0.3 is 12.7 Å². The van der Waals surface area contributed by atoms with E-state index in [0.29, 0.717) is 11.4 Å². The zero-order valence-electron chi connectivity index (χ0n) is 12.5. The minimum Gasteiger partial charge on any atom is -0.507 e. The number of rotatable bonds is 7. The smallest absolute Gasteiger partial charge is 0.342 e. The van der Waals surface area contributed by atoms with E-state index in [1.54, 1.807) is 30.3 Å². The molecule has 0 fully saturated rings. The number of halogens is 1. The van der Waals surface area contributed by atoms with Crippen LogP contribution in [0.5, 0.6) is 5.75 Å². The van der Waals surface area contributed by atoms with E-state index in [9.17, 15) is 20.0 Å². The Morgan fingerprint density at radius 2 is 1.79 bits per heavy atom. The lowest BCUT2D eigenvalue weighted by molar-refractivity contribution is -0.527. The Balaban J connectivity index is 0.00000288. The second-order valence-corrected chi connectivity index (χ2v) is 4.52. The third kappa shape index (κ3) is 5.82. The van der Waals surface area contributed by atoms with Crippen molar-refractivity contribution in [1.29, 1.82) is 0 Å². The van der Waals surface area contributed by atoms with Gasteiger partial charge < -0.3 is 14.6 Å². The summed E-state index contributed by atoms with van der Waals surface area (Å²) in [5, 5.41) is 19.8. The number of aromatic nitrogens is 1. The standard InChI is InChI=1S/C15H14N2O6.ClH/c18-14-7-2-1-6-13(14)15(19)23-9-12-5-3-4-11(16-12)8-22-10-17(20)21;/h1-7,18H,8-10H2;1H. The van der Waals surface area contributed by atoms with Gasteiger partial charge in [-0.25, -0.2) is 4.79 Å². The van der Waals surface area contributed by atoms with Crippen LogP contribution in [0.3, 0.4) is 0 Å². The van der Waals surface area contributed by atoms with Crippen LogP contribution in [-0.2, 0) is 22.7 Å². The molecule has 0 bridgehead atoms. The largest absolute Gasteiger partial charge is 0.507 e. The first-order valence-corrected chi connectivity index (χ1v) is 6.65. The van der Waals surface area contributed by atoms with E-state index >= 15 is 0 Å². The van der Waals surface area contributed by atoms with E-state index in [-0.39, 0.29) is 36.9 Å². The van der Waals surface area contributed by atoms with Gasteiger partial charge in [0.1, 0.15) is 17.9 Å². The van der Waals surface area contributed by atoms with Gasteiger partial charge in [-0.3, -0.25) is 15.1 Å². The molecule has 8 nitrogen and oxygen atoms in total. The van der Waals surface area contributed by atoms with Crippen molar-refractivity contribution in [2.24, 2.45) is 0 Å². The highest BCUT2D eigenvalue weighted by atomic mass is 35.5. The number of para-hydroxylation sites is 1. The molecule has 0 amide bonds. The van der Waals surface area contributed by atoms with Gasteiger partial charge in [-0.1, -0.05) is 18.2 Å². The molecule has 1 N–H and O–H groups in total. The number of ether oxygens (including phenoxy) is 2. The van der Waals surface area contributed by atoms with E-state index < -0.39 is 17.6 Å². The average molecular weight is 355 g/mol. The first-order chi connectivity index (χ1) is 11.1. The molecule has 2 rings (SSSR count). The molecular weight excluding hydrogens is 340 g/mol. The molecule has 1 aromatic carbocycles. The number of phenolic OH excluding ortho intramolecular Hbond substituents is 1. The lowest BCUT2D eigenvalue weighted by Crippen LogP contribution is -2.08. The number of hydrogen-bond acceptors (Lipinski definition) is 7. The monoisotopic (exact) mass is 354 g/mol. The molecule has 0 saturated heterocycles. The molecule has 0 radical (unpaired) electrons. The minimum atomic E-state index is -0.667. The van der Waals surface area contributed by atoms with Crippen molar-refractivity contribution >= 4 is 18.4 Å². The van der Waals surface area contributed by atoms with Gasteiger partial charge in [0.25, 0.3) is 0 Å². The number of pyridine rings is 1. The zero-order chi connectivity index (χ0) is 16.7. The lowest BCUT2D eigenvalue weighted by atomic mass is 10.2. The maximum Gasteiger partial charge on any atom is 0.342 e. The van der Waals surface area contributed by atoms with Crippen LogP contribution in [0.25, 0.3) is 0 Å². The molecule has 1 aromatic heterocycles. The van der Waals surface area contributed by atoms with Crippen LogP contribution in [0.2, 0.25) is 0 Å². The summed E-state index contributed by atoms with van der Waals surface area (Å²) in [5.41, 5.74) is 1.02. The van der Waals surface area contributed by atoms with E-state index in [0.717, 1.165) is 0 Å². The number of esters is 1. The van der Waals surface area contributed by atoms with Crippen molar-refractivity contribution in [2.45, 2.75) is 13.2 Å². The number of carbonyl (C=O) groups excluding carboxylic acids is 1. The van der Waals surface area contributed by atoms with Crippen LogP contribution in [0, 0.1) is 10.1 Å². The zero-order valence-corrected chi connectivity index (χ0v) is 13.3. The first kappa shape index (κ1) is 19.3. The van der Waals surface area contributed by atoms with E-state index in [2.05, 4.69) is 4.98 Å². The Morgan fingerprint density at radius 1 is 1.12 bits per heavy atom. The van der Waals surface area contributed by atoms with Crippen LogP contribution >= 0.6 is 12.4 Å². The van der Waals surface area contributed by atoms with E-state index in [1.165, 1.54) is 12.1 Å². The number of hydrogen-bond donors (Lipinski definition) is 1. The molecule has 9 heteroatoms. The SMILES string of the molecule is Cl.O=C(OCc1cccc(COC[N+](=O)[O-])n1)c1ccccc1O. The molecule has 0 atom stereocenters. The fourth-order valence-electron chi connectivity index (χ4n) is 1.78. The first-order valence-electron chi connectivity index (χ1n) is 6.65. The van der Waals surface area contributed by atoms with Crippen LogP contribution in [0.15, 0.2) is 42.5 Å². The highest BCUT2D eigenvalue weighted by Gasteiger charge is 2.12. The predicted molar refractivity (Wildman–Crippen MR) is 85.4 cm³/mol. The summed E-state index contributed by atoms with van der Waals surface area (Å²) in [6.45, 7) is -0.702. The van der Waals surface area contributed by atoms with Crippen molar-refractivity contribution in [3.8, 4) is 5.75 Å². The second-order valence-electron chi connectivity index (χ2n) is 4.52. The molecule has 0 aliphatic heterocycles. The van der Waals surface area contributed by atoms with E-state index in [1.807, 2.05) is 0 Å². The third-order valence-corrected chi connectivity index (χ3v) is 2.79. The topological polar surface area (TPSA) is 112 Å². The van der Waals surface area contributed by atoms with Gasteiger partial charge in [-0.2, -0.15) is 0 Å². The summed E-state index contributed by atoms with van der Waals surface area (Å²) in [7, 11) is 0. The van der Waals surface area contributed by atoms with Gasteiger partial charge in [-0.05, 0) is 24.3 Å². The summed E-state index contributed by atoms with van der Waals surface area (Å²) in [6, 6.07) is 11.0. The molecule has 24 heavy (non-hydrogen) atoms. The Hall–Kier alpha value is -2.71. The second kappa shape index (κ2) is 9.43. The molecule has 0 aliphatic rings. The summed E-state index contributed by atoms with van der Waals surface area (Å²) in [4.78, 5) is 25.6. The molecule has 0 aliphatic carbocycles. The summed E-state index contributed by atoms with van der Waals surface area (Å²) < 4.78 is 9.93. The van der Waals surface area contributed by atoms with Crippen molar-refractivity contribution in [3.63, 3.8) is 0 Å². The Kier molecular flexibility index (Phi) is 7.60. The predicted octanol–water partition coefficient (Wildman–Crippen LogP) is 2.32. The van der Waals surface area contributed by atoms with Crippen molar-refractivity contribution in [2.75, 3.05) is 6.73 Å². The number of nitro groups is 1. The van der Waals surface area contributed by atoms with Crippen molar-refractivity contribution in [1.82, 2.24) is 4.98 Å². The van der Waals surface area contributed by atoms with Crippen LogP contribution in [-0.4, -0.2) is 27.7 Å². The maximum atomic E-state index is 11.9. The van der Waals surface area contributed by atoms with Gasteiger partial charge in [0, 0.05) is 4.92 Å². The van der Waals surface area contributed by atoms with Gasteiger partial charge in [-0.15, -0.1) is 12.4 Å². The van der Waals surface area contributed by atoms with Crippen molar-refractivity contribution < 1.29 is 24.3 Å².